The van der Waals surface area contributed by atoms with Gasteiger partial charge in [-0.1, -0.05) is 26.8 Å². The molecular formula is C24H32N4O3. The number of anilines is 3. The molecule has 0 aromatic heterocycles. The zero-order valence-electron chi connectivity index (χ0n) is 18.5. The predicted molar refractivity (Wildman–Crippen MR) is 125 cm³/mol. The van der Waals surface area contributed by atoms with Crippen molar-refractivity contribution >= 4 is 34.8 Å². The van der Waals surface area contributed by atoms with Crippen LogP contribution in [0.5, 0.6) is 0 Å². The highest BCUT2D eigenvalue weighted by molar-refractivity contribution is 5.96. The molecule has 0 radical (unpaired) electrons. The Balaban J connectivity index is 1.91. The minimum Gasteiger partial charge on any atom is -0.376 e. The van der Waals surface area contributed by atoms with Gasteiger partial charge in [0.1, 0.15) is 0 Å². The van der Waals surface area contributed by atoms with Crippen LogP contribution in [-0.4, -0.2) is 42.3 Å². The zero-order valence-corrected chi connectivity index (χ0v) is 18.5. The first-order valence-corrected chi connectivity index (χ1v) is 10.8. The zero-order chi connectivity index (χ0) is 22.6. The SMILES string of the molecule is CCCN(CCC)C(=O)c1cccc(NCC(=O)Nc2ccc(NC(=O)CC)cc2)c1. The van der Waals surface area contributed by atoms with Crippen molar-refractivity contribution in [1.82, 2.24) is 4.90 Å². The molecule has 0 aliphatic heterocycles. The Morgan fingerprint density at radius 2 is 1.35 bits per heavy atom. The average Bonchev–Trinajstić information content (AvgIpc) is 2.78. The molecule has 0 bridgehead atoms. The first-order chi connectivity index (χ1) is 15.0. The molecule has 0 fully saturated rings. The van der Waals surface area contributed by atoms with E-state index in [1.807, 2.05) is 17.0 Å². The molecule has 31 heavy (non-hydrogen) atoms. The fourth-order valence-electron chi connectivity index (χ4n) is 3.07. The highest BCUT2D eigenvalue weighted by atomic mass is 16.2. The van der Waals surface area contributed by atoms with Gasteiger partial charge in [0.05, 0.1) is 6.54 Å². The normalized spacial score (nSPS) is 10.3. The Hall–Kier alpha value is -3.35. The quantitative estimate of drug-likeness (QED) is 0.500. The van der Waals surface area contributed by atoms with Gasteiger partial charge < -0.3 is 20.9 Å². The van der Waals surface area contributed by atoms with Gasteiger partial charge in [0.15, 0.2) is 0 Å². The van der Waals surface area contributed by atoms with Gasteiger partial charge in [-0.15, -0.1) is 0 Å². The number of rotatable bonds is 11. The van der Waals surface area contributed by atoms with Gasteiger partial charge in [-0.25, -0.2) is 0 Å². The van der Waals surface area contributed by atoms with Crippen LogP contribution >= 0.6 is 0 Å². The first kappa shape index (κ1) is 23.9. The summed E-state index contributed by atoms with van der Waals surface area (Å²) in [5, 5.41) is 8.64. The number of carbonyl (C=O) groups excluding carboxylic acids is 3. The molecule has 2 aromatic rings. The molecule has 0 spiro atoms. The summed E-state index contributed by atoms with van der Waals surface area (Å²) < 4.78 is 0. The topological polar surface area (TPSA) is 90.5 Å². The number of amides is 3. The van der Waals surface area contributed by atoms with Crippen LogP contribution in [0.1, 0.15) is 50.4 Å². The van der Waals surface area contributed by atoms with Crippen molar-refractivity contribution in [3.05, 3.63) is 54.1 Å². The lowest BCUT2D eigenvalue weighted by Crippen LogP contribution is -2.32. The Kier molecular flexibility index (Phi) is 9.55. The van der Waals surface area contributed by atoms with Crippen molar-refractivity contribution in [3.8, 4) is 0 Å². The first-order valence-electron chi connectivity index (χ1n) is 10.8. The number of nitrogens with zero attached hydrogens (tertiary/aromatic N) is 1. The summed E-state index contributed by atoms with van der Waals surface area (Å²) in [6.45, 7) is 7.43. The number of nitrogens with one attached hydrogen (secondary N) is 3. The maximum Gasteiger partial charge on any atom is 0.253 e. The predicted octanol–water partition coefficient (Wildman–Crippen LogP) is 4.35. The maximum absolute atomic E-state index is 12.8. The van der Waals surface area contributed by atoms with E-state index in [0.717, 1.165) is 25.9 Å². The van der Waals surface area contributed by atoms with Crippen LogP contribution < -0.4 is 16.0 Å². The second-order valence-electron chi connectivity index (χ2n) is 7.25. The van der Waals surface area contributed by atoms with Crippen molar-refractivity contribution in [2.45, 2.75) is 40.0 Å². The fourth-order valence-corrected chi connectivity index (χ4v) is 3.07. The van der Waals surface area contributed by atoms with Gasteiger partial charge in [0, 0.05) is 42.1 Å². The molecule has 2 aromatic carbocycles. The van der Waals surface area contributed by atoms with Crippen LogP contribution in [0.15, 0.2) is 48.5 Å². The van der Waals surface area contributed by atoms with E-state index in [2.05, 4.69) is 29.8 Å². The van der Waals surface area contributed by atoms with Crippen molar-refractivity contribution in [3.63, 3.8) is 0 Å². The van der Waals surface area contributed by atoms with Gasteiger partial charge >= 0.3 is 0 Å². The third-order valence-electron chi connectivity index (χ3n) is 4.61. The number of benzene rings is 2. The third kappa shape index (κ3) is 7.77. The van der Waals surface area contributed by atoms with E-state index in [1.54, 1.807) is 43.3 Å². The molecule has 3 N–H and O–H groups in total. The summed E-state index contributed by atoms with van der Waals surface area (Å²) in [6, 6.07) is 14.2. The Labute approximate surface area is 184 Å². The Morgan fingerprint density at radius 1 is 0.774 bits per heavy atom. The highest BCUT2D eigenvalue weighted by Crippen LogP contribution is 2.15. The van der Waals surface area contributed by atoms with Crippen molar-refractivity contribution in [2.24, 2.45) is 0 Å². The van der Waals surface area contributed by atoms with Gasteiger partial charge in [-0.2, -0.15) is 0 Å². The van der Waals surface area contributed by atoms with E-state index >= 15 is 0 Å². The molecule has 0 unspecified atom stereocenters. The van der Waals surface area contributed by atoms with Gasteiger partial charge in [-0.3, -0.25) is 14.4 Å². The van der Waals surface area contributed by atoms with E-state index in [4.69, 9.17) is 0 Å². The second kappa shape index (κ2) is 12.4. The fraction of sp³-hybridized carbons (Fsp3) is 0.375. The van der Waals surface area contributed by atoms with Gasteiger partial charge in [0.25, 0.3) is 5.91 Å². The maximum atomic E-state index is 12.8. The molecule has 0 aliphatic rings. The van der Waals surface area contributed by atoms with Crippen LogP contribution in [0.3, 0.4) is 0 Å². The van der Waals surface area contributed by atoms with Crippen LogP contribution in [0, 0.1) is 0 Å². The lowest BCUT2D eigenvalue weighted by molar-refractivity contribution is -0.116. The summed E-state index contributed by atoms with van der Waals surface area (Å²) in [4.78, 5) is 38.3. The summed E-state index contributed by atoms with van der Waals surface area (Å²) in [6.07, 6.45) is 2.23. The summed E-state index contributed by atoms with van der Waals surface area (Å²) >= 11 is 0. The van der Waals surface area contributed by atoms with Gasteiger partial charge in [-0.05, 0) is 55.3 Å². The highest BCUT2D eigenvalue weighted by Gasteiger charge is 2.14. The second-order valence-corrected chi connectivity index (χ2v) is 7.25. The van der Waals surface area contributed by atoms with Crippen molar-refractivity contribution in [1.29, 1.82) is 0 Å². The summed E-state index contributed by atoms with van der Waals surface area (Å²) in [5.74, 6) is -0.262. The lowest BCUT2D eigenvalue weighted by atomic mass is 10.1. The van der Waals surface area contributed by atoms with Gasteiger partial charge in [0.2, 0.25) is 11.8 Å². The van der Waals surface area contributed by atoms with E-state index in [9.17, 15) is 14.4 Å². The van der Waals surface area contributed by atoms with Crippen LogP contribution in [0.4, 0.5) is 17.1 Å². The molecule has 0 saturated heterocycles. The van der Waals surface area contributed by atoms with Crippen LogP contribution in [-0.2, 0) is 9.59 Å². The number of carbonyl (C=O) groups is 3. The average molecular weight is 425 g/mol. The standard InChI is InChI=1S/C24H32N4O3/c1-4-14-28(15-5-2)24(31)18-8-7-9-21(16-18)25-17-23(30)27-20-12-10-19(11-13-20)26-22(29)6-3/h7-13,16,25H,4-6,14-15,17H2,1-3H3,(H,26,29)(H,27,30). The largest absolute Gasteiger partial charge is 0.376 e. The molecule has 0 atom stereocenters. The van der Waals surface area contributed by atoms with E-state index < -0.39 is 0 Å². The van der Waals surface area contributed by atoms with E-state index in [-0.39, 0.29) is 24.3 Å². The number of hydrogen-bond acceptors (Lipinski definition) is 4. The van der Waals surface area contributed by atoms with Crippen molar-refractivity contribution in [2.75, 3.05) is 35.6 Å². The Bertz CT molecular complexity index is 875. The van der Waals surface area contributed by atoms with Crippen LogP contribution in [0.25, 0.3) is 0 Å². The Morgan fingerprint density at radius 3 is 1.90 bits per heavy atom. The molecular weight excluding hydrogens is 392 g/mol. The van der Waals surface area contributed by atoms with Crippen LogP contribution in [0.2, 0.25) is 0 Å². The molecule has 166 valence electrons. The molecule has 2 rings (SSSR count). The minimum atomic E-state index is -0.208. The minimum absolute atomic E-state index is 0.00653. The molecule has 0 heterocycles. The summed E-state index contributed by atoms with van der Waals surface area (Å²) in [5.41, 5.74) is 2.65. The monoisotopic (exact) mass is 424 g/mol. The smallest absolute Gasteiger partial charge is 0.253 e. The van der Waals surface area contributed by atoms with E-state index in [1.165, 1.54) is 0 Å². The molecule has 0 aliphatic carbocycles. The van der Waals surface area contributed by atoms with Crippen molar-refractivity contribution < 1.29 is 14.4 Å². The number of hydrogen-bond donors (Lipinski definition) is 3. The molecule has 3 amide bonds. The summed E-state index contributed by atoms with van der Waals surface area (Å²) in [7, 11) is 0. The van der Waals surface area contributed by atoms with E-state index in [0.29, 0.717) is 29.0 Å². The third-order valence-corrected chi connectivity index (χ3v) is 4.61. The molecule has 7 nitrogen and oxygen atoms in total. The lowest BCUT2D eigenvalue weighted by Gasteiger charge is -2.21. The molecule has 0 saturated carbocycles. The molecule has 7 heteroatoms.